The van der Waals surface area contributed by atoms with Gasteiger partial charge in [-0.15, -0.1) is 0 Å². The van der Waals surface area contributed by atoms with E-state index in [-0.39, 0.29) is 11.7 Å². The van der Waals surface area contributed by atoms with Crippen LogP contribution in [0.4, 0.5) is 5.69 Å². The van der Waals surface area contributed by atoms with E-state index in [1.807, 2.05) is 6.07 Å². The summed E-state index contributed by atoms with van der Waals surface area (Å²) in [5.74, 6) is 0.198. The standard InChI is InChI=1S/C21H17NO3/c1-25-17-13-11-16(12-14-17)22-21(24)19-10-6-5-9-18(19)20(23)15-7-3-2-4-8-15/h2-14H,1H3,(H,22,24). The third kappa shape index (κ3) is 3.75. The van der Waals surface area contributed by atoms with Crippen molar-refractivity contribution in [3.8, 4) is 5.75 Å². The monoisotopic (exact) mass is 331 g/mol. The molecular weight excluding hydrogens is 314 g/mol. The van der Waals surface area contributed by atoms with E-state index in [2.05, 4.69) is 5.32 Å². The fraction of sp³-hybridized carbons (Fsp3) is 0.0476. The Morgan fingerprint density at radius 2 is 1.36 bits per heavy atom. The first-order chi connectivity index (χ1) is 12.2. The van der Waals surface area contributed by atoms with Crippen LogP contribution in [-0.2, 0) is 0 Å². The highest BCUT2D eigenvalue weighted by Gasteiger charge is 2.17. The summed E-state index contributed by atoms with van der Waals surface area (Å²) in [6.07, 6.45) is 0. The highest BCUT2D eigenvalue weighted by Crippen LogP contribution is 2.19. The van der Waals surface area contributed by atoms with Crippen molar-refractivity contribution < 1.29 is 14.3 Å². The molecule has 3 rings (SSSR count). The van der Waals surface area contributed by atoms with Gasteiger partial charge in [-0.3, -0.25) is 9.59 Å². The predicted octanol–water partition coefficient (Wildman–Crippen LogP) is 4.18. The maximum Gasteiger partial charge on any atom is 0.256 e. The molecule has 0 saturated carbocycles. The number of amides is 1. The second-order valence-corrected chi connectivity index (χ2v) is 5.42. The molecule has 0 aliphatic carbocycles. The van der Waals surface area contributed by atoms with Crippen LogP contribution in [0.2, 0.25) is 0 Å². The van der Waals surface area contributed by atoms with Crippen molar-refractivity contribution in [3.05, 3.63) is 95.6 Å². The van der Waals surface area contributed by atoms with Crippen LogP contribution in [0.15, 0.2) is 78.9 Å². The molecule has 0 radical (unpaired) electrons. The molecule has 0 fully saturated rings. The second-order valence-electron chi connectivity index (χ2n) is 5.42. The first-order valence-electron chi connectivity index (χ1n) is 7.83. The van der Waals surface area contributed by atoms with Gasteiger partial charge in [-0.2, -0.15) is 0 Å². The van der Waals surface area contributed by atoms with Crippen LogP contribution in [0.1, 0.15) is 26.3 Å². The molecule has 0 aromatic heterocycles. The van der Waals surface area contributed by atoms with E-state index in [9.17, 15) is 9.59 Å². The third-order valence-corrected chi connectivity index (χ3v) is 3.80. The van der Waals surface area contributed by atoms with Crippen molar-refractivity contribution in [1.82, 2.24) is 0 Å². The number of ether oxygens (including phenoxy) is 1. The SMILES string of the molecule is COc1ccc(NC(=O)c2ccccc2C(=O)c2ccccc2)cc1. The Balaban J connectivity index is 1.87. The molecule has 3 aromatic carbocycles. The fourth-order valence-electron chi connectivity index (χ4n) is 2.50. The molecule has 1 N–H and O–H groups in total. The summed E-state index contributed by atoms with van der Waals surface area (Å²) in [6.45, 7) is 0. The fourth-order valence-corrected chi connectivity index (χ4v) is 2.50. The van der Waals surface area contributed by atoms with Gasteiger partial charge in [-0.25, -0.2) is 0 Å². The highest BCUT2D eigenvalue weighted by atomic mass is 16.5. The van der Waals surface area contributed by atoms with Gasteiger partial charge in [0.15, 0.2) is 5.78 Å². The lowest BCUT2D eigenvalue weighted by atomic mass is 9.98. The Labute approximate surface area is 146 Å². The minimum atomic E-state index is -0.329. The Morgan fingerprint density at radius 1 is 0.760 bits per heavy atom. The maximum atomic E-state index is 12.7. The molecular formula is C21H17NO3. The average molecular weight is 331 g/mol. The summed E-state index contributed by atoms with van der Waals surface area (Å²) >= 11 is 0. The minimum Gasteiger partial charge on any atom is -0.497 e. The van der Waals surface area contributed by atoms with Gasteiger partial charge in [0.05, 0.1) is 12.7 Å². The smallest absolute Gasteiger partial charge is 0.256 e. The van der Waals surface area contributed by atoms with Gasteiger partial charge in [0.25, 0.3) is 5.91 Å². The summed E-state index contributed by atoms with van der Waals surface area (Å²) in [6, 6.07) is 22.7. The number of carbonyl (C=O) groups is 2. The summed E-state index contributed by atoms with van der Waals surface area (Å²) < 4.78 is 5.10. The topological polar surface area (TPSA) is 55.4 Å². The van der Waals surface area contributed by atoms with E-state index in [0.717, 1.165) is 0 Å². The Kier molecular flexibility index (Phi) is 4.90. The predicted molar refractivity (Wildman–Crippen MR) is 97.3 cm³/mol. The first-order valence-corrected chi connectivity index (χ1v) is 7.83. The highest BCUT2D eigenvalue weighted by molar-refractivity contribution is 6.17. The van der Waals surface area contributed by atoms with Gasteiger partial charge < -0.3 is 10.1 Å². The zero-order valence-corrected chi connectivity index (χ0v) is 13.7. The van der Waals surface area contributed by atoms with E-state index in [0.29, 0.717) is 28.1 Å². The molecule has 0 spiro atoms. The van der Waals surface area contributed by atoms with Gasteiger partial charge in [0.1, 0.15) is 5.75 Å². The number of nitrogens with one attached hydrogen (secondary N) is 1. The van der Waals surface area contributed by atoms with Crippen LogP contribution in [0.3, 0.4) is 0 Å². The molecule has 0 unspecified atom stereocenters. The van der Waals surface area contributed by atoms with E-state index < -0.39 is 0 Å². The number of hydrogen-bond acceptors (Lipinski definition) is 3. The number of benzene rings is 3. The molecule has 0 heterocycles. The maximum absolute atomic E-state index is 12.7. The van der Waals surface area contributed by atoms with Gasteiger partial charge in [0.2, 0.25) is 0 Å². The van der Waals surface area contributed by atoms with Crippen molar-refractivity contribution >= 4 is 17.4 Å². The van der Waals surface area contributed by atoms with Gasteiger partial charge in [0, 0.05) is 16.8 Å². The van der Waals surface area contributed by atoms with Crippen molar-refractivity contribution in [2.24, 2.45) is 0 Å². The van der Waals surface area contributed by atoms with E-state index in [4.69, 9.17) is 4.74 Å². The lowest BCUT2D eigenvalue weighted by Crippen LogP contribution is -2.16. The molecule has 0 aliphatic rings. The van der Waals surface area contributed by atoms with E-state index in [1.54, 1.807) is 79.9 Å². The lowest BCUT2D eigenvalue weighted by molar-refractivity contribution is 0.0996. The largest absolute Gasteiger partial charge is 0.497 e. The van der Waals surface area contributed by atoms with Gasteiger partial charge >= 0.3 is 0 Å². The van der Waals surface area contributed by atoms with Crippen LogP contribution in [0.25, 0.3) is 0 Å². The molecule has 0 bridgehead atoms. The number of carbonyl (C=O) groups excluding carboxylic acids is 2. The third-order valence-electron chi connectivity index (χ3n) is 3.80. The van der Waals surface area contributed by atoms with Crippen LogP contribution in [-0.4, -0.2) is 18.8 Å². The molecule has 3 aromatic rings. The molecule has 4 nitrogen and oxygen atoms in total. The summed E-state index contributed by atoms with van der Waals surface area (Å²) in [5.41, 5.74) is 1.90. The van der Waals surface area contributed by atoms with Crippen molar-refractivity contribution in [1.29, 1.82) is 0 Å². The van der Waals surface area contributed by atoms with Crippen LogP contribution in [0, 0.1) is 0 Å². The van der Waals surface area contributed by atoms with E-state index >= 15 is 0 Å². The van der Waals surface area contributed by atoms with Gasteiger partial charge in [-0.05, 0) is 30.3 Å². The Morgan fingerprint density at radius 3 is 2.00 bits per heavy atom. The number of ketones is 1. The second kappa shape index (κ2) is 7.45. The number of anilines is 1. The van der Waals surface area contributed by atoms with Crippen molar-refractivity contribution in [2.45, 2.75) is 0 Å². The minimum absolute atomic E-state index is 0.180. The average Bonchev–Trinajstić information content (AvgIpc) is 2.68. The van der Waals surface area contributed by atoms with E-state index in [1.165, 1.54) is 0 Å². The lowest BCUT2D eigenvalue weighted by Gasteiger charge is -2.10. The number of methoxy groups -OCH3 is 1. The Hall–Kier alpha value is -3.40. The molecule has 0 saturated heterocycles. The molecule has 124 valence electrons. The number of hydrogen-bond donors (Lipinski definition) is 1. The van der Waals surface area contributed by atoms with Crippen LogP contribution in [0.5, 0.6) is 5.75 Å². The Bertz CT molecular complexity index is 887. The van der Waals surface area contributed by atoms with Crippen molar-refractivity contribution in [2.75, 3.05) is 12.4 Å². The van der Waals surface area contributed by atoms with Gasteiger partial charge in [-0.1, -0.05) is 48.5 Å². The molecule has 1 amide bonds. The van der Waals surface area contributed by atoms with Crippen LogP contribution >= 0.6 is 0 Å². The first kappa shape index (κ1) is 16.5. The number of rotatable bonds is 5. The molecule has 0 aliphatic heterocycles. The normalized spacial score (nSPS) is 10.1. The zero-order chi connectivity index (χ0) is 17.6. The van der Waals surface area contributed by atoms with Crippen LogP contribution < -0.4 is 10.1 Å². The summed E-state index contributed by atoms with van der Waals surface area (Å²) in [4.78, 5) is 25.3. The molecule has 4 heteroatoms. The molecule has 25 heavy (non-hydrogen) atoms. The zero-order valence-electron chi connectivity index (χ0n) is 13.7. The quantitative estimate of drug-likeness (QED) is 0.714. The summed E-state index contributed by atoms with van der Waals surface area (Å²) in [5, 5.41) is 2.81. The summed E-state index contributed by atoms with van der Waals surface area (Å²) in [7, 11) is 1.58. The molecule has 0 atom stereocenters. The van der Waals surface area contributed by atoms with Crippen molar-refractivity contribution in [3.63, 3.8) is 0 Å².